The second-order valence-electron chi connectivity index (χ2n) is 0.986. The van der Waals surface area contributed by atoms with E-state index in [-0.39, 0.29) is 6.42 Å². The molecule has 0 aromatic heterocycles. The molecule has 0 spiro atoms. The van der Waals surface area contributed by atoms with Crippen molar-refractivity contribution in [2.45, 2.75) is 9.11 Å². The van der Waals surface area contributed by atoms with E-state index in [1.165, 1.54) is 0 Å². The van der Waals surface area contributed by atoms with Crippen molar-refractivity contribution in [3.8, 4) is 0 Å². The predicted octanol–water partition coefficient (Wildman–Crippen LogP) is 2.26. The first-order valence-electron chi connectivity index (χ1n) is 1.56. The lowest BCUT2D eigenvalue weighted by Crippen LogP contribution is -1.98. The molecule has 0 radical (unpaired) electrons. The molecule has 42 valence electrons. The molecule has 0 amide bonds. The maximum atomic E-state index is 9.68. The van der Waals surface area contributed by atoms with E-state index in [9.17, 15) is 4.79 Å². The zero-order valence-corrected chi connectivity index (χ0v) is 7.25. The molecule has 0 aliphatic carbocycles. The average Bonchev–Trinajstić information content (AvgIpc) is 1.30. The van der Waals surface area contributed by atoms with Gasteiger partial charge in [0.25, 0.3) is 0 Å². The summed E-state index contributed by atoms with van der Waals surface area (Å²) < 4.78 is -0.720. The van der Waals surface area contributed by atoms with Crippen LogP contribution in [0.3, 0.4) is 0 Å². The van der Waals surface area contributed by atoms with Gasteiger partial charge >= 0.3 is 0 Å². The molecule has 0 aromatic carbocycles. The maximum absolute atomic E-state index is 9.68. The van der Waals surface area contributed by atoms with Gasteiger partial charge in [-0.1, -0.05) is 43.5 Å². The zero-order chi connectivity index (χ0) is 5.91. The number of hydrogen-bond acceptors (Lipinski definition) is 1. The van der Waals surface area contributed by atoms with Crippen molar-refractivity contribution < 1.29 is 4.79 Å². The monoisotopic (exact) mass is 248 g/mol. The van der Waals surface area contributed by atoms with Crippen LogP contribution in [0.1, 0.15) is 6.42 Å². The summed E-state index contributed by atoms with van der Waals surface area (Å²) >= 11 is 11.4. The van der Waals surface area contributed by atoms with Crippen LogP contribution in [0.5, 0.6) is 0 Å². The van der Waals surface area contributed by atoms with Gasteiger partial charge in [0.05, 0.1) is 0 Å². The predicted molar refractivity (Wildman–Crippen MR) is 37.1 cm³/mol. The quantitative estimate of drug-likeness (QED) is 0.543. The Hall–Kier alpha value is 0.920. The number of carbonyl (C=O) groups is 1. The molecular weight excluding hydrogens is 247 g/mol. The molecule has 0 saturated heterocycles. The molecule has 7 heavy (non-hydrogen) atoms. The third kappa shape index (κ3) is 6.92. The van der Waals surface area contributed by atoms with Gasteiger partial charge < -0.3 is 4.79 Å². The van der Waals surface area contributed by atoms with E-state index >= 15 is 0 Å². The highest BCUT2D eigenvalue weighted by Gasteiger charge is 2.15. The summed E-state index contributed by atoms with van der Waals surface area (Å²) in [5, 5.41) is 0. The summed E-state index contributed by atoms with van der Waals surface area (Å²) in [5.41, 5.74) is 0. The van der Waals surface area contributed by atoms with E-state index in [0.29, 0.717) is 0 Å². The van der Waals surface area contributed by atoms with Gasteiger partial charge in [-0.25, -0.2) is 0 Å². The summed E-state index contributed by atoms with van der Waals surface area (Å²) in [5.74, 6) is 0. The summed E-state index contributed by atoms with van der Waals surface area (Å²) in [6, 6.07) is 0. The number of hydrogen-bond donors (Lipinski definition) is 0. The molecular formula is C3H3Br2ClO. The number of rotatable bonds is 2. The lowest BCUT2D eigenvalue weighted by molar-refractivity contribution is -0.107. The molecule has 0 bridgehead atoms. The fourth-order valence-corrected chi connectivity index (χ4v) is 0.422. The summed E-state index contributed by atoms with van der Waals surface area (Å²) in [4.78, 5) is 9.68. The number of carbonyl (C=O) groups excluding carboxylic acids is 1. The highest BCUT2D eigenvalue weighted by atomic mass is 79.9. The van der Waals surface area contributed by atoms with E-state index in [1.807, 2.05) is 0 Å². The summed E-state index contributed by atoms with van der Waals surface area (Å²) in [6.07, 6.45) is 0.991. The van der Waals surface area contributed by atoms with Crippen LogP contribution in [-0.4, -0.2) is 8.98 Å². The Kier molecular flexibility index (Phi) is 3.45. The van der Waals surface area contributed by atoms with Crippen molar-refractivity contribution >= 4 is 49.7 Å². The van der Waals surface area contributed by atoms with E-state index in [2.05, 4.69) is 31.9 Å². The highest BCUT2D eigenvalue weighted by molar-refractivity contribution is 9.26. The normalized spacial score (nSPS) is 11.3. The Morgan fingerprint density at radius 3 is 2.14 bits per heavy atom. The van der Waals surface area contributed by atoms with Gasteiger partial charge in [0.1, 0.15) is 6.29 Å². The third-order valence-electron chi connectivity index (χ3n) is 0.315. The number of alkyl halides is 3. The Labute approximate surface area is 63.7 Å². The molecule has 0 aliphatic heterocycles. The second-order valence-corrected chi connectivity index (χ2v) is 6.32. The number of aldehydes is 1. The molecule has 0 rings (SSSR count). The maximum Gasteiger partial charge on any atom is 0.160 e. The molecule has 0 atom stereocenters. The first kappa shape index (κ1) is 7.92. The third-order valence-corrected chi connectivity index (χ3v) is 1.12. The van der Waals surface area contributed by atoms with Crippen molar-refractivity contribution in [1.29, 1.82) is 0 Å². The molecule has 0 fully saturated rings. The van der Waals surface area contributed by atoms with Crippen LogP contribution in [-0.2, 0) is 4.79 Å². The number of halogens is 3. The molecule has 0 N–H and O–H groups in total. The van der Waals surface area contributed by atoms with Gasteiger partial charge in [-0.2, -0.15) is 0 Å². The van der Waals surface area contributed by atoms with Crippen molar-refractivity contribution in [3.05, 3.63) is 0 Å². The van der Waals surface area contributed by atoms with Gasteiger partial charge in [-0.05, 0) is 0 Å². The Bertz CT molecular complexity index is 67.8. The first-order chi connectivity index (χ1) is 3.06. The zero-order valence-electron chi connectivity index (χ0n) is 3.33. The van der Waals surface area contributed by atoms with Crippen molar-refractivity contribution in [3.63, 3.8) is 0 Å². The van der Waals surface area contributed by atoms with E-state index in [0.717, 1.165) is 6.29 Å². The minimum atomic E-state index is -0.720. The van der Waals surface area contributed by atoms with Crippen LogP contribution in [0.4, 0.5) is 0 Å². The fourth-order valence-electron chi connectivity index (χ4n) is 0.0945. The van der Waals surface area contributed by atoms with E-state index < -0.39 is 2.69 Å². The van der Waals surface area contributed by atoms with Crippen LogP contribution < -0.4 is 0 Å². The van der Waals surface area contributed by atoms with E-state index in [4.69, 9.17) is 11.6 Å². The molecule has 0 heterocycles. The van der Waals surface area contributed by atoms with Crippen molar-refractivity contribution in [2.75, 3.05) is 0 Å². The molecule has 0 saturated carbocycles. The molecule has 0 unspecified atom stereocenters. The SMILES string of the molecule is O=CCC(Cl)(Br)Br. The van der Waals surface area contributed by atoms with Crippen molar-refractivity contribution in [2.24, 2.45) is 0 Å². The minimum Gasteiger partial charge on any atom is -0.303 e. The lowest BCUT2D eigenvalue weighted by atomic mass is 10.6. The summed E-state index contributed by atoms with van der Waals surface area (Å²) in [7, 11) is 0. The molecule has 0 aliphatic rings. The van der Waals surface area contributed by atoms with Gasteiger partial charge in [-0.15, -0.1) is 0 Å². The Morgan fingerprint density at radius 2 is 2.14 bits per heavy atom. The Morgan fingerprint density at radius 1 is 1.71 bits per heavy atom. The van der Waals surface area contributed by atoms with Crippen molar-refractivity contribution in [1.82, 2.24) is 0 Å². The smallest absolute Gasteiger partial charge is 0.160 e. The van der Waals surface area contributed by atoms with Crippen LogP contribution >= 0.6 is 43.5 Å². The topological polar surface area (TPSA) is 17.1 Å². The van der Waals surface area contributed by atoms with Gasteiger partial charge in [0.2, 0.25) is 0 Å². The largest absolute Gasteiger partial charge is 0.303 e. The molecule has 4 heteroatoms. The van der Waals surface area contributed by atoms with Gasteiger partial charge in [-0.3, -0.25) is 0 Å². The molecule has 1 nitrogen and oxygen atoms in total. The lowest BCUT2D eigenvalue weighted by Gasteiger charge is -2.02. The molecule has 0 aromatic rings. The van der Waals surface area contributed by atoms with E-state index in [1.54, 1.807) is 0 Å². The van der Waals surface area contributed by atoms with Crippen LogP contribution in [0.15, 0.2) is 0 Å². The second kappa shape index (κ2) is 3.05. The van der Waals surface area contributed by atoms with Crippen LogP contribution in [0.2, 0.25) is 0 Å². The fraction of sp³-hybridized carbons (Fsp3) is 0.667. The van der Waals surface area contributed by atoms with Crippen LogP contribution in [0.25, 0.3) is 0 Å². The average molecular weight is 250 g/mol. The summed E-state index contributed by atoms with van der Waals surface area (Å²) in [6.45, 7) is 0. The standard InChI is InChI=1S/C3H3Br2ClO/c4-3(5,6)1-2-7/h2H,1H2. The van der Waals surface area contributed by atoms with Crippen LogP contribution in [0, 0.1) is 0 Å². The Balaban J connectivity index is 3.34. The highest BCUT2D eigenvalue weighted by Crippen LogP contribution is 2.33. The van der Waals surface area contributed by atoms with Gasteiger partial charge in [0.15, 0.2) is 2.69 Å². The first-order valence-corrected chi connectivity index (χ1v) is 3.53. The van der Waals surface area contributed by atoms with Gasteiger partial charge in [0, 0.05) is 6.42 Å². The minimum absolute atomic E-state index is 0.258.